The molecule has 1 heterocycles. The first kappa shape index (κ1) is 21.7. The molecule has 0 aliphatic rings. The fourth-order valence-electron chi connectivity index (χ4n) is 2.82. The van der Waals surface area contributed by atoms with Crippen LogP contribution >= 0.6 is 0 Å². The lowest BCUT2D eigenvalue weighted by molar-refractivity contribution is 0.306. The van der Waals surface area contributed by atoms with Gasteiger partial charge in [-0.2, -0.15) is 0 Å². The number of hydrogen-bond donors (Lipinski definition) is 4. The minimum absolute atomic E-state index is 0.309. The van der Waals surface area contributed by atoms with Gasteiger partial charge in [-0.05, 0) is 78.4 Å². The molecule has 0 aliphatic heterocycles. The van der Waals surface area contributed by atoms with Crippen LogP contribution in [-0.4, -0.2) is 25.9 Å². The molecule has 0 fully saturated rings. The largest absolute Gasteiger partial charge is 0.492 e. The number of furan rings is 1. The topological polar surface area (TPSA) is 120 Å². The van der Waals surface area contributed by atoms with Gasteiger partial charge in [-0.3, -0.25) is 0 Å². The van der Waals surface area contributed by atoms with Gasteiger partial charge in [-0.15, -0.1) is 0 Å². The fourth-order valence-corrected chi connectivity index (χ4v) is 2.82. The van der Waals surface area contributed by atoms with E-state index < -0.39 is 0 Å². The van der Waals surface area contributed by atoms with Crippen LogP contribution in [0.2, 0.25) is 0 Å². The van der Waals surface area contributed by atoms with Crippen LogP contribution in [0.25, 0.3) is 11.4 Å². The van der Waals surface area contributed by atoms with Gasteiger partial charge in [0, 0.05) is 19.0 Å². The first-order valence-electron chi connectivity index (χ1n) is 9.75. The van der Waals surface area contributed by atoms with Gasteiger partial charge in [0.1, 0.15) is 29.6 Å². The van der Waals surface area contributed by atoms with Gasteiger partial charge in [0.25, 0.3) is 0 Å². The molecule has 0 bridgehead atoms. The number of ether oxygens (including phenoxy) is 2. The molecule has 1 aromatic heterocycles. The number of hydrogen-bond acceptors (Lipinski definition) is 7. The molecule has 3 aromatic rings. The molecule has 0 spiro atoms. The minimum atomic E-state index is -0.309. The van der Waals surface area contributed by atoms with Gasteiger partial charge in [-0.25, -0.2) is 0 Å². The Hall–Kier alpha value is -3.97. The highest BCUT2D eigenvalue weighted by molar-refractivity contribution is 5.81. The van der Waals surface area contributed by atoms with Gasteiger partial charge in [0.2, 0.25) is 0 Å². The van der Waals surface area contributed by atoms with Gasteiger partial charge >= 0.3 is 0 Å². The van der Waals surface area contributed by atoms with E-state index in [4.69, 9.17) is 30.8 Å². The summed E-state index contributed by atoms with van der Waals surface area (Å²) in [5.74, 6) is 2.79. The molecule has 3 rings (SSSR count). The molecule has 7 nitrogen and oxygen atoms in total. The first-order valence-corrected chi connectivity index (χ1v) is 9.75. The third kappa shape index (κ3) is 6.25. The zero-order chi connectivity index (χ0) is 22.1. The van der Waals surface area contributed by atoms with Gasteiger partial charge in [-0.1, -0.05) is 0 Å². The molecular formula is C24H26N4O3. The zero-order valence-corrected chi connectivity index (χ0v) is 17.2. The van der Waals surface area contributed by atoms with E-state index in [1.807, 2.05) is 73.8 Å². The predicted molar refractivity (Wildman–Crippen MR) is 123 cm³/mol. The second kappa shape index (κ2) is 10.7. The van der Waals surface area contributed by atoms with E-state index in [9.17, 15) is 0 Å². The van der Waals surface area contributed by atoms with Crippen LogP contribution in [0, 0.1) is 5.41 Å². The number of nitrogens with one attached hydrogen (secondary N) is 2. The molecular weight excluding hydrogens is 392 g/mol. The summed E-state index contributed by atoms with van der Waals surface area (Å²) in [7, 11) is 1.82. The lowest BCUT2D eigenvalue weighted by atomic mass is 10.1. The van der Waals surface area contributed by atoms with Crippen LogP contribution in [0.15, 0.2) is 83.5 Å². The number of allylic oxidation sites excluding steroid dienone is 1. The molecule has 2 aromatic carbocycles. The SMILES string of the molecule is CN/C(=C\C(N)COc1ccc(Oc2ccc(/C(N)=C/C=N)cc2)cc1)c1ccco1. The normalized spacial score (nSPS) is 12.8. The zero-order valence-electron chi connectivity index (χ0n) is 17.2. The highest BCUT2D eigenvalue weighted by Gasteiger charge is 2.07. The fraction of sp³-hybridized carbons (Fsp3) is 0.125. The van der Waals surface area contributed by atoms with E-state index in [2.05, 4.69) is 5.32 Å². The average molecular weight is 418 g/mol. The average Bonchev–Trinajstić information content (AvgIpc) is 3.32. The van der Waals surface area contributed by atoms with Crippen LogP contribution in [0.1, 0.15) is 11.3 Å². The summed E-state index contributed by atoms with van der Waals surface area (Å²) in [6.07, 6.45) is 6.17. The van der Waals surface area contributed by atoms with Crippen molar-refractivity contribution in [2.75, 3.05) is 13.7 Å². The van der Waals surface area contributed by atoms with Crippen molar-refractivity contribution in [1.82, 2.24) is 5.32 Å². The van der Waals surface area contributed by atoms with Crippen molar-refractivity contribution in [2.45, 2.75) is 6.04 Å². The number of benzene rings is 2. The summed E-state index contributed by atoms with van der Waals surface area (Å²) in [5, 5.41) is 10.2. The molecule has 1 unspecified atom stereocenters. The summed E-state index contributed by atoms with van der Waals surface area (Å²) in [6.45, 7) is 0.318. The van der Waals surface area contributed by atoms with E-state index in [0.29, 0.717) is 29.6 Å². The lowest BCUT2D eigenvalue weighted by Crippen LogP contribution is -2.27. The summed E-state index contributed by atoms with van der Waals surface area (Å²) < 4.78 is 17.0. The Morgan fingerprint density at radius 3 is 2.29 bits per heavy atom. The Kier molecular flexibility index (Phi) is 7.50. The number of rotatable bonds is 10. The van der Waals surface area contributed by atoms with E-state index in [0.717, 1.165) is 23.2 Å². The molecule has 0 saturated heterocycles. The van der Waals surface area contributed by atoms with Crippen molar-refractivity contribution < 1.29 is 13.9 Å². The molecule has 31 heavy (non-hydrogen) atoms. The third-order valence-corrected chi connectivity index (χ3v) is 4.39. The Bertz CT molecular complexity index is 1020. The van der Waals surface area contributed by atoms with E-state index >= 15 is 0 Å². The summed E-state index contributed by atoms with van der Waals surface area (Å²) in [4.78, 5) is 0. The van der Waals surface area contributed by atoms with Gasteiger partial charge in [0.05, 0.1) is 18.0 Å². The molecule has 0 aliphatic carbocycles. The molecule has 0 saturated carbocycles. The summed E-state index contributed by atoms with van der Waals surface area (Å²) in [5.41, 5.74) is 14.2. The maximum absolute atomic E-state index is 7.08. The summed E-state index contributed by atoms with van der Waals surface area (Å²) in [6, 6.07) is 18.0. The second-order valence-electron chi connectivity index (χ2n) is 6.67. The molecule has 1 atom stereocenters. The Morgan fingerprint density at radius 2 is 1.71 bits per heavy atom. The predicted octanol–water partition coefficient (Wildman–Crippen LogP) is 3.99. The minimum Gasteiger partial charge on any atom is -0.492 e. The van der Waals surface area contributed by atoms with Crippen molar-refractivity contribution in [2.24, 2.45) is 11.5 Å². The lowest BCUT2D eigenvalue weighted by Gasteiger charge is -2.13. The Labute approximate surface area is 181 Å². The van der Waals surface area contributed by atoms with Crippen LogP contribution in [0.4, 0.5) is 0 Å². The Morgan fingerprint density at radius 1 is 1.06 bits per heavy atom. The molecule has 0 amide bonds. The van der Waals surface area contributed by atoms with Crippen molar-refractivity contribution >= 4 is 17.6 Å². The monoisotopic (exact) mass is 418 g/mol. The maximum atomic E-state index is 7.08. The summed E-state index contributed by atoms with van der Waals surface area (Å²) >= 11 is 0. The van der Waals surface area contributed by atoms with E-state index in [1.165, 1.54) is 6.08 Å². The Balaban J connectivity index is 1.54. The van der Waals surface area contributed by atoms with Crippen LogP contribution in [0.5, 0.6) is 17.2 Å². The highest BCUT2D eigenvalue weighted by Crippen LogP contribution is 2.25. The third-order valence-electron chi connectivity index (χ3n) is 4.39. The standard InChI is InChI=1S/C24H26N4O3/c1-28-23(24-3-2-14-29-24)15-18(26)16-30-19-8-10-21(11-9-19)31-20-6-4-17(5-7-20)22(27)12-13-25/h2-15,18,25,28H,16,26-27H2,1H3/b22-12-,23-15-,25-13?. The van der Waals surface area contributed by atoms with Gasteiger partial charge < -0.3 is 36.1 Å². The van der Waals surface area contributed by atoms with Crippen LogP contribution in [0.3, 0.4) is 0 Å². The quantitative estimate of drug-likeness (QED) is 0.370. The van der Waals surface area contributed by atoms with Crippen LogP contribution in [-0.2, 0) is 0 Å². The van der Waals surface area contributed by atoms with E-state index in [-0.39, 0.29) is 6.04 Å². The molecule has 0 radical (unpaired) electrons. The number of nitrogens with two attached hydrogens (primary N) is 2. The first-order chi connectivity index (χ1) is 15.1. The molecule has 7 heteroatoms. The van der Waals surface area contributed by atoms with Crippen molar-refractivity contribution in [3.8, 4) is 17.2 Å². The van der Waals surface area contributed by atoms with Gasteiger partial charge in [0.15, 0.2) is 0 Å². The van der Waals surface area contributed by atoms with Crippen molar-refractivity contribution in [3.05, 3.63) is 90.4 Å². The van der Waals surface area contributed by atoms with Crippen molar-refractivity contribution in [1.29, 1.82) is 5.41 Å². The smallest absolute Gasteiger partial charge is 0.149 e. The van der Waals surface area contributed by atoms with Crippen LogP contribution < -0.4 is 26.3 Å². The van der Waals surface area contributed by atoms with E-state index in [1.54, 1.807) is 6.26 Å². The maximum Gasteiger partial charge on any atom is 0.149 e. The molecule has 6 N–H and O–H groups in total. The van der Waals surface area contributed by atoms with Crippen molar-refractivity contribution in [3.63, 3.8) is 0 Å². The second-order valence-corrected chi connectivity index (χ2v) is 6.67. The molecule has 160 valence electrons. The highest BCUT2D eigenvalue weighted by atomic mass is 16.5.